The van der Waals surface area contributed by atoms with E-state index in [1.165, 1.54) is 21.1 Å². The van der Waals surface area contributed by atoms with E-state index in [4.69, 9.17) is 11.6 Å². The summed E-state index contributed by atoms with van der Waals surface area (Å²) in [4.78, 5) is 14.2. The highest BCUT2D eigenvalue weighted by molar-refractivity contribution is 9.10. The fourth-order valence-corrected chi connectivity index (χ4v) is 4.81. The second-order valence-corrected chi connectivity index (χ2v) is 8.78. The minimum absolute atomic E-state index is 0.224. The molecule has 0 spiro atoms. The van der Waals surface area contributed by atoms with Gasteiger partial charge in [0.15, 0.2) is 0 Å². The normalized spacial score (nSPS) is 16.2. The minimum atomic E-state index is -3.55. The molecule has 134 valence electrons. The van der Waals surface area contributed by atoms with Gasteiger partial charge in [-0.1, -0.05) is 11.6 Å². The van der Waals surface area contributed by atoms with Gasteiger partial charge in [0.25, 0.3) is 5.56 Å². The summed E-state index contributed by atoms with van der Waals surface area (Å²) >= 11 is 9.13. The Bertz CT molecular complexity index is 938. The average molecular weight is 448 g/mol. The van der Waals surface area contributed by atoms with Gasteiger partial charge in [-0.2, -0.15) is 9.40 Å². The lowest BCUT2D eigenvalue weighted by Gasteiger charge is -2.35. The molecule has 10 heteroatoms. The lowest BCUT2D eigenvalue weighted by molar-refractivity contribution is 0.384. The SMILES string of the molecule is Cn1ncc(N2CCN(S(=O)(=O)c3ccc(Cl)cc3)CC2)c(Br)c1=O. The predicted octanol–water partition coefficient (Wildman–Crippen LogP) is 1.71. The van der Waals surface area contributed by atoms with Crippen molar-refractivity contribution in [3.63, 3.8) is 0 Å². The summed E-state index contributed by atoms with van der Waals surface area (Å²) in [6.07, 6.45) is 1.61. The number of halogens is 2. The number of hydrogen-bond donors (Lipinski definition) is 0. The molecule has 0 aliphatic carbocycles. The number of nitrogens with zero attached hydrogens (tertiary/aromatic N) is 4. The molecule has 0 N–H and O–H groups in total. The monoisotopic (exact) mass is 446 g/mol. The van der Waals surface area contributed by atoms with E-state index in [1.54, 1.807) is 25.4 Å². The molecular weight excluding hydrogens is 432 g/mol. The number of piperazine rings is 1. The van der Waals surface area contributed by atoms with Crippen LogP contribution in [0.4, 0.5) is 5.69 Å². The summed E-state index contributed by atoms with van der Waals surface area (Å²) in [5, 5.41) is 4.52. The molecule has 3 rings (SSSR count). The largest absolute Gasteiger partial charge is 0.367 e. The van der Waals surface area contributed by atoms with Crippen LogP contribution >= 0.6 is 27.5 Å². The third-order valence-corrected chi connectivity index (χ3v) is 7.00. The number of hydrogen-bond acceptors (Lipinski definition) is 5. The van der Waals surface area contributed by atoms with Crippen molar-refractivity contribution in [3.05, 3.63) is 50.3 Å². The molecule has 0 atom stereocenters. The molecule has 0 amide bonds. The van der Waals surface area contributed by atoms with Gasteiger partial charge in [0.2, 0.25) is 10.0 Å². The Labute approximate surface area is 159 Å². The van der Waals surface area contributed by atoms with Crippen molar-refractivity contribution in [1.82, 2.24) is 14.1 Å². The summed E-state index contributed by atoms with van der Waals surface area (Å²) in [5.74, 6) is 0. The maximum Gasteiger partial charge on any atom is 0.282 e. The van der Waals surface area contributed by atoms with Gasteiger partial charge in [-0.05, 0) is 40.2 Å². The van der Waals surface area contributed by atoms with E-state index in [-0.39, 0.29) is 10.5 Å². The molecule has 0 radical (unpaired) electrons. The Kier molecular flexibility index (Phi) is 5.19. The highest BCUT2D eigenvalue weighted by Crippen LogP contribution is 2.25. The van der Waals surface area contributed by atoms with E-state index >= 15 is 0 Å². The van der Waals surface area contributed by atoms with E-state index in [9.17, 15) is 13.2 Å². The van der Waals surface area contributed by atoms with Gasteiger partial charge in [-0.3, -0.25) is 4.79 Å². The summed E-state index contributed by atoms with van der Waals surface area (Å²) in [5.41, 5.74) is 0.445. The molecule has 25 heavy (non-hydrogen) atoms. The second-order valence-electron chi connectivity index (χ2n) is 5.62. The van der Waals surface area contributed by atoms with Gasteiger partial charge in [0.05, 0.1) is 16.8 Å². The van der Waals surface area contributed by atoms with Crippen LogP contribution in [0.5, 0.6) is 0 Å². The number of rotatable bonds is 3. The molecule has 7 nitrogen and oxygen atoms in total. The standard InChI is InChI=1S/C15H16BrClN4O3S/c1-19-15(22)14(16)13(10-18-19)20-6-8-21(9-7-20)25(23,24)12-4-2-11(17)3-5-12/h2-5,10H,6-9H2,1H3. The third-order valence-electron chi connectivity index (χ3n) is 4.09. The number of sulfonamides is 1. The summed E-state index contributed by atoms with van der Waals surface area (Å²) in [6.45, 7) is 1.60. The molecule has 1 aromatic heterocycles. The zero-order valence-corrected chi connectivity index (χ0v) is 16.6. The quantitative estimate of drug-likeness (QED) is 0.716. The van der Waals surface area contributed by atoms with Crippen LogP contribution in [0.1, 0.15) is 0 Å². The van der Waals surface area contributed by atoms with Crippen LogP contribution in [0.15, 0.2) is 44.6 Å². The van der Waals surface area contributed by atoms with Crippen LogP contribution in [0, 0.1) is 0 Å². The first-order valence-corrected chi connectivity index (χ1v) is 10.1. The first-order valence-electron chi connectivity index (χ1n) is 7.53. The first kappa shape index (κ1) is 18.4. The second kappa shape index (κ2) is 7.06. The Morgan fingerprint density at radius 2 is 1.72 bits per heavy atom. The Balaban J connectivity index is 1.77. The van der Waals surface area contributed by atoms with Crippen molar-refractivity contribution >= 4 is 43.2 Å². The molecule has 2 heterocycles. The number of aryl methyl sites for hydroxylation is 1. The van der Waals surface area contributed by atoms with Gasteiger partial charge in [-0.15, -0.1) is 0 Å². The zero-order valence-electron chi connectivity index (χ0n) is 13.4. The molecule has 0 bridgehead atoms. The fraction of sp³-hybridized carbons (Fsp3) is 0.333. The molecule has 1 aromatic carbocycles. The van der Waals surface area contributed by atoms with Crippen LogP contribution in [0.25, 0.3) is 0 Å². The number of anilines is 1. The van der Waals surface area contributed by atoms with Crippen LogP contribution in [-0.4, -0.2) is 48.7 Å². The van der Waals surface area contributed by atoms with Crippen molar-refractivity contribution in [2.24, 2.45) is 7.05 Å². The first-order chi connectivity index (χ1) is 11.8. The average Bonchev–Trinajstić information content (AvgIpc) is 2.60. The molecule has 1 aliphatic heterocycles. The van der Waals surface area contributed by atoms with Crippen LogP contribution in [0.2, 0.25) is 5.02 Å². The fourth-order valence-electron chi connectivity index (χ4n) is 2.65. The van der Waals surface area contributed by atoms with Gasteiger partial charge >= 0.3 is 0 Å². The minimum Gasteiger partial charge on any atom is -0.367 e. The van der Waals surface area contributed by atoms with Crippen molar-refractivity contribution in [3.8, 4) is 0 Å². The van der Waals surface area contributed by atoms with E-state index in [2.05, 4.69) is 21.0 Å². The van der Waals surface area contributed by atoms with Crippen molar-refractivity contribution < 1.29 is 8.42 Å². The Hall–Kier alpha value is -1.42. The summed E-state index contributed by atoms with van der Waals surface area (Å²) in [6, 6.07) is 6.14. The number of benzene rings is 1. The van der Waals surface area contributed by atoms with Crippen molar-refractivity contribution in [1.29, 1.82) is 0 Å². The van der Waals surface area contributed by atoms with Gasteiger partial charge in [-0.25, -0.2) is 13.1 Å². The smallest absolute Gasteiger partial charge is 0.282 e. The Morgan fingerprint density at radius 1 is 1.12 bits per heavy atom. The van der Waals surface area contributed by atoms with Gasteiger partial charge in [0, 0.05) is 38.2 Å². The van der Waals surface area contributed by atoms with E-state index in [1.807, 2.05) is 4.90 Å². The predicted molar refractivity (Wildman–Crippen MR) is 99.6 cm³/mol. The number of aromatic nitrogens is 2. The molecular formula is C15H16BrClN4O3S. The molecule has 1 aliphatic rings. The van der Waals surface area contributed by atoms with Crippen LogP contribution < -0.4 is 10.5 Å². The van der Waals surface area contributed by atoms with Gasteiger partial charge < -0.3 is 4.90 Å². The molecule has 1 fully saturated rings. The van der Waals surface area contributed by atoms with Crippen LogP contribution in [-0.2, 0) is 17.1 Å². The van der Waals surface area contributed by atoms with Crippen LogP contribution in [0.3, 0.4) is 0 Å². The maximum atomic E-state index is 12.7. The maximum absolute atomic E-state index is 12.7. The van der Waals surface area contributed by atoms with Crippen molar-refractivity contribution in [2.45, 2.75) is 4.90 Å². The topological polar surface area (TPSA) is 75.5 Å². The molecule has 0 unspecified atom stereocenters. The van der Waals surface area contributed by atoms with Gasteiger partial charge in [0.1, 0.15) is 4.47 Å². The van der Waals surface area contributed by atoms with E-state index < -0.39 is 10.0 Å². The van der Waals surface area contributed by atoms with Crippen molar-refractivity contribution in [2.75, 3.05) is 31.1 Å². The molecule has 1 saturated heterocycles. The third kappa shape index (κ3) is 3.59. The summed E-state index contributed by atoms with van der Waals surface area (Å²) in [7, 11) is -1.98. The Morgan fingerprint density at radius 3 is 2.32 bits per heavy atom. The molecule has 0 saturated carbocycles. The lowest BCUT2D eigenvalue weighted by Crippen LogP contribution is -2.49. The highest BCUT2D eigenvalue weighted by Gasteiger charge is 2.29. The van der Waals surface area contributed by atoms with E-state index in [0.29, 0.717) is 41.4 Å². The van der Waals surface area contributed by atoms with E-state index in [0.717, 1.165) is 0 Å². The highest BCUT2D eigenvalue weighted by atomic mass is 79.9. The summed E-state index contributed by atoms with van der Waals surface area (Å²) < 4.78 is 28.5. The lowest BCUT2D eigenvalue weighted by atomic mass is 10.3. The molecule has 2 aromatic rings. The zero-order chi connectivity index (χ0) is 18.2.